The predicted octanol–water partition coefficient (Wildman–Crippen LogP) is 1.26. The van der Waals surface area contributed by atoms with Gasteiger partial charge in [0.15, 0.2) is 0 Å². The van der Waals surface area contributed by atoms with Crippen molar-refractivity contribution >= 4 is 12.4 Å². The number of carbonyl (C=O) groups is 2. The normalized spacial score (nSPS) is 13.6. The van der Waals surface area contributed by atoms with Crippen molar-refractivity contribution in [2.24, 2.45) is 5.41 Å². The second-order valence-electron chi connectivity index (χ2n) is 3.96. The van der Waals surface area contributed by atoms with Crippen LogP contribution in [0.4, 0.5) is 4.79 Å². The number of carboxylic acid groups (broad SMARTS) is 1. The van der Waals surface area contributed by atoms with Crippen LogP contribution in [0, 0.1) is 5.41 Å². The average molecular weight is 173 g/mol. The lowest BCUT2D eigenvalue weighted by atomic mass is 9.88. The summed E-state index contributed by atoms with van der Waals surface area (Å²) < 4.78 is 0. The third-order valence-electron chi connectivity index (χ3n) is 1.31. The van der Waals surface area contributed by atoms with Gasteiger partial charge in [-0.3, -0.25) is 0 Å². The van der Waals surface area contributed by atoms with Crippen molar-refractivity contribution in [3.8, 4) is 0 Å². The second kappa shape index (κ2) is 4.09. The van der Waals surface area contributed by atoms with E-state index in [-0.39, 0.29) is 5.41 Å². The van der Waals surface area contributed by atoms with Crippen molar-refractivity contribution in [3.05, 3.63) is 0 Å². The van der Waals surface area contributed by atoms with E-state index in [1.165, 1.54) is 0 Å². The number of hydrogen-bond acceptors (Lipinski definition) is 2. The van der Waals surface area contributed by atoms with Crippen LogP contribution in [0.3, 0.4) is 0 Å². The Kier molecular flexibility index (Phi) is 3.73. The van der Waals surface area contributed by atoms with E-state index in [1.807, 2.05) is 20.8 Å². The molecule has 0 rings (SSSR count). The summed E-state index contributed by atoms with van der Waals surface area (Å²) >= 11 is 0. The third kappa shape index (κ3) is 5.70. The van der Waals surface area contributed by atoms with Crippen LogP contribution in [0.15, 0.2) is 0 Å². The van der Waals surface area contributed by atoms with Crippen molar-refractivity contribution in [2.45, 2.75) is 33.2 Å². The molecule has 0 aromatic rings. The molecule has 1 amide bonds. The number of carbonyl (C=O) groups excluding carboxylic acids is 1. The molecule has 0 bridgehead atoms. The van der Waals surface area contributed by atoms with Gasteiger partial charge in [-0.15, -0.1) is 0 Å². The Balaban J connectivity index is 4.00. The van der Waals surface area contributed by atoms with Gasteiger partial charge in [0.05, 0.1) is 6.04 Å². The van der Waals surface area contributed by atoms with E-state index in [1.54, 1.807) is 0 Å². The molecule has 0 aromatic carbocycles. The van der Waals surface area contributed by atoms with Gasteiger partial charge < -0.3 is 15.2 Å². The summed E-state index contributed by atoms with van der Waals surface area (Å²) in [5.41, 5.74) is -0.0476. The van der Waals surface area contributed by atoms with E-state index in [4.69, 9.17) is 5.11 Å². The zero-order chi connectivity index (χ0) is 9.78. The lowest BCUT2D eigenvalue weighted by Gasteiger charge is -2.21. The fourth-order valence-electron chi connectivity index (χ4n) is 0.952. The average Bonchev–Trinajstić information content (AvgIpc) is 1.82. The Bertz CT molecular complexity index is 172. The van der Waals surface area contributed by atoms with Gasteiger partial charge in [0.2, 0.25) is 0 Å². The largest absolute Gasteiger partial charge is 0.465 e. The van der Waals surface area contributed by atoms with Crippen molar-refractivity contribution in [1.29, 1.82) is 0 Å². The number of nitrogens with one attached hydrogen (secondary N) is 1. The minimum absolute atomic E-state index is 0.0476. The molecule has 0 aliphatic heterocycles. The minimum atomic E-state index is -1.16. The van der Waals surface area contributed by atoms with Crippen molar-refractivity contribution in [3.63, 3.8) is 0 Å². The van der Waals surface area contributed by atoms with Gasteiger partial charge in [-0.2, -0.15) is 0 Å². The summed E-state index contributed by atoms with van der Waals surface area (Å²) in [5.74, 6) is 0. The van der Waals surface area contributed by atoms with E-state index in [2.05, 4.69) is 5.32 Å². The molecule has 2 N–H and O–H groups in total. The maximum absolute atomic E-state index is 10.4. The van der Waals surface area contributed by atoms with Crippen LogP contribution in [0.5, 0.6) is 0 Å². The standard InChI is InChI=1S/C8H15NO3/c1-8(2,3)4-6(5-10)9-7(11)12/h5-6,9H,4H2,1-3H3,(H,11,12). The first kappa shape index (κ1) is 10.9. The molecule has 0 aromatic heterocycles. The lowest BCUT2D eigenvalue weighted by molar-refractivity contribution is -0.110. The molecular formula is C8H15NO3. The SMILES string of the molecule is CC(C)(C)CC(C=O)NC(=O)O. The maximum Gasteiger partial charge on any atom is 0.405 e. The number of amides is 1. The molecule has 1 atom stereocenters. The molecular weight excluding hydrogens is 158 g/mol. The summed E-state index contributed by atoms with van der Waals surface area (Å²) in [5, 5.41) is 10.5. The third-order valence-corrected chi connectivity index (χ3v) is 1.31. The molecule has 0 saturated carbocycles. The van der Waals surface area contributed by atoms with Crippen LogP contribution < -0.4 is 5.32 Å². The molecule has 12 heavy (non-hydrogen) atoms. The monoisotopic (exact) mass is 173 g/mol. The highest BCUT2D eigenvalue weighted by Crippen LogP contribution is 2.19. The summed E-state index contributed by atoms with van der Waals surface area (Å²) in [6, 6.07) is -0.595. The Morgan fingerprint density at radius 1 is 1.58 bits per heavy atom. The van der Waals surface area contributed by atoms with E-state index in [0.717, 1.165) is 0 Å². The molecule has 0 fully saturated rings. The Hall–Kier alpha value is -1.06. The summed E-state index contributed by atoms with van der Waals surface area (Å²) in [4.78, 5) is 20.6. The molecule has 0 aliphatic rings. The Morgan fingerprint density at radius 3 is 2.33 bits per heavy atom. The van der Waals surface area contributed by atoms with Crippen LogP contribution in [-0.4, -0.2) is 23.5 Å². The molecule has 0 aliphatic carbocycles. The van der Waals surface area contributed by atoms with E-state index >= 15 is 0 Å². The first-order chi connectivity index (χ1) is 5.35. The molecule has 0 spiro atoms. The highest BCUT2D eigenvalue weighted by Gasteiger charge is 2.19. The van der Waals surface area contributed by atoms with Crippen LogP contribution >= 0.6 is 0 Å². The molecule has 0 saturated heterocycles. The van der Waals surface area contributed by atoms with Gasteiger partial charge in [-0.05, 0) is 11.8 Å². The molecule has 0 radical (unpaired) electrons. The Morgan fingerprint density at radius 2 is 2.08 bits per heavy atom. The van der Waals surface area contributed by atoms with Crippen molar-refractivity contribution < 1.29 is 14.7 Å². The number of aldehydes is 1. The second-order valence-corrected chi connectivity index (χ2v) is 3.96. The van der Waals surface area contributed by atoms with Gasteiger partial charge in [0, 0.05) is 0 Å². The van der Waals surface area contributed by atoms with Gasteiger partial charge in [-0.1, -0.05) is 20.8 Å². The first-order valence-corrected chi connectivity index (χ1v) is 3.80. The molecule has 70 valence electrons. The van der Waals surface area contributed by atoms with Gasteiger partial charge >= 0.3 is 6.09 Å². The van der Waals surface area contributed by atoms with Crippen molar-refractivity contribution in [1.82, 2.24) is 5.32 Å². The maximum atomic E-state index is 10.4. The van der Waals surface area contributed by atoms with E-state index < -0.39 is 12.1 Å². The molecule has 4 nitrogen and oxygen atoms in total. The van der Waals surface area contributed by atoms with Crippen LogP contribution in [0.25, 0.3) is 0 Å². The summed E-state index contributed by atoms with van der Waals surface area (Å²) in [6.45, 7) is 5.85. The smallest absolute Gasteiger partial charge is 0.405 e. The highest BCUT2D eigenvalue weighted by molar-refractivity contribution is 5.71. The fraction of sp³-hybridized carbons (Fsp3) is 0.750. The van der Waals surface area contributed by atoms with Crippen LogP contribution in [-0.2, 0) is 4.79 Å². The molecule has 1 unspecified atom stereocenters. The fourth-order valence-corrected chi connectivity index (χ4v) is 0.952. The predicted molar refractivity (Wildman–Crippen MR) is 45.1 cm³/mol. The quantitative estimate of drug-likeness (QED) is 0.631. The minimum Gasteiger partial charge on any atom is -0.465 e. The first-order valence-electron chi connectivity index (χ1n) is 3.80. The number of rotatable bonds is 3. The van der Waals surface area contributed by atoms with E-state index in [0.29, 0.717) is 12.7 Å². The van der Waals surface area contributed by atoms with Gasteiger partial charge in [0.25, 0.3) is 0 Å². The number of hydrogen-bond donors (Lipinski definition) is 2. The van der Waals surface area contributed by atoms with Gasteiger partial charge in [-0.25, -0.2) is 4.79 Å². The summed E-state index contributed by atoms with van der Waals surface area (Å²) in [7, 11) is 0. The topological polar surface area (TPSA) is 66.4 Å². The van der Waals surface area contributed by atoms with Crippen molar-refractivity contribution in [2.75, 3.05) is 0 Å². The van der Waals surface area contributed by atoms with E-state index in [9.17, 15) is 9.59 Å². The van der Waals surface area contributed by atoms with Gasteiger partial charge in [0.1, 0.15) is 6.29 Å². The molecule has 0 heterocycles. The molecule has 4 heteroatoms. The van der Waals surface area contributed by atoms with Crippen LogP contribution in [0.2, 0.25) is 0 Å². The lowest BCUT2D eigenvalue weighted by Crippen LogP contribution is -2.37. The zero-order valence-electron chi connectivity index (χ0n) is 7.63. The zero-order valence-corrected chi connectivity index (χ0v) is 7.63. The Labute approximate surface area is 72.0 Å². The summed E-state index contributed by atoms with van der Waals surface area (Å²) in [6.07, 6.45) is -0.0151. The van der Waals surface area contributed by atoms with Crippen LogP contribution in [0.1, 0.15) is 27.2 Å². The highest BCUT2D eigenvalue weighted by atomic mass is 16.4.